The molecule has 2 aliphatic rings. The van der Waals surface area contributed by atoms with Crippen LogP contribution in [0.1, 0.15) is 39.5 Å². The molecular formula is C13H23ClO2. The molecule has 4 unspecified atom stereocenters. The summed E-state index contributed by atoms with van der Waals surface area (Å²) in [4.78, 5) is 0. The van der Waals surface area contributed by atoms with Gasteiger partial charge in [0, 0.05) is 25.0 Å². The maximum atomic E-state index is 6.09. The first kappa shape index (κ1) is 12.7. The summed E-state index contributed by atoms with van der Waals surface area (Å²) in [5, 5.41) is 0.286. The van der Waals surface area contributed by atoms with E-state index in [1.54, 1.807) is 0 Å². The van der Waals surface area contributed by atoms with Gasteiger partial charge in [0.05, 0.1) is 12.2 Å². The lowest BCUT2D eigenvalue weighted by atomic mass is 9.77. The number of halogens is 1. The van der Waals surface area contributed by atoms with E-state index in [1.165, 1.54) is 6.42 Å². The van der Waals surface area contributed by atoms with Crippen LogP contribution in [0.2, 0.25) is 0 Å². The highest BCUT2D eigenvalue weighted by atomic mass is 35.5. The Hall–Kier alpha value is 0.210. The number of ether oxygens (including phenoxy) is 2. The second kappa shape index (κ2) is 5.24. The van der Waals surface area contributed by atoms with Crippen LogP contribution in [-0.2, 0) is 9.47 Å². The largest absolute Gasteiger partial charge is 0.378 e. The van der Waals surface area contributed by atoms with E-state index in [2.05, 4.69) is 13.8 Å². The molecule has 0 aromatic rings. The maximum Gasteiger partial charge on any atom is 0.0939 e. The minimum atomic E-state index is 0.0483. The van der Waals surface area contributed by atoms with Crippen molar-refractivity contribution in [3.63, 3.8) is 0 Å². The second-order valence-electron chi connectivity index (χ2n) is 5.58. The lowest BCUT2D eigenvalue weighted by Gasteiger charge is -2.39. The average Bonchev–Trinajstić information content (AvgIpc) is 2.65. The Morgan fingerprint density at radius 3 is 2.81 bits per heavy atom. The third-order valence-corrected chi connectivity index (χ3v) is 4.28. The number of hydrogen-bond acceptors (Lipinski definition) is 2. The molecule has 3 heteroatoms. The second-order valence-corrected chi connectivity index (χ2v) is 6.33. The van der Waals surface area contributed by atoms with Crippen molar-refractivity contribution in [2.24, 2.45) is 11.8 Å². The van der Waals surface area contributed by atoms with Crippen molar-refractivity contribution in [1.29, 1.82) is 0 Å². The Morgan fingerprint density at radius 1 is 1.38 bits per heavy atom. The molecule has 2 heterocycles. The predicted molar refractivity (Wildman–Crippen MR) is 65.9 cm³/mol. The van der Waals surface area contributed by atoms with E-state index in [0.29, 0.717) is 5.92 Å². The third kappa shape index (κ3) is 2.91. The SMILES string of the molecule is CC(Cl)CC(C)C1CCOC2(CCOC2)C1. The highest BCUT2D eigenvalue weighted by Crippen LogP contribution is 2.39. The quantitative estimate of drug-likeness (QED) is 0.712. The molecule has 0 aliphatic carbocycles. The molecule has 0 aromatic heterocycles. The lowest BCUT2D eigenvalue weighted by molar-refractivity contribution is -0.106. The van der Waals surface area contributed by atoms with Gasteiger partial charge in [0.15, 0.2) is 0 Å². The van der Waals surface area contributed by atoms with Crippen molar-refractivity contribution >= 4 is 11.6 Å². The lowest BCUT2D eigenvalue weighted by Crippen LogP contribution is -2.42. The van der Waals surface area contributed by atoms with Gasteiger partial charge in [-0.3, -0.25) is 0 Å². The Bertz CT molecular complexity index is 224. The third-order valence-electron chi connectivity index (χ3n) is 4.10. The maximum absolute atomic E-state index is 6.09. The Labute approximate surface area is 104 Å². The first-order valence-electron chi connectivity index (χ1n) is 6.47. The predicted octanol–water partition coefficient (Wildman–Crippen LogP) is 3.23. The Balaban J connectivity index is 1.90. The van der Waals surface area contributed by atoms with E-state index in [4.69, 9.17) is 21.1 Å². The van der Waals surface area contributed by atoms with E-state index < -0.39 is 0 Å². The van der Waals surface area contributed by atoms with Gasteiger partial charge >= 0.3 is 0 Å². The van der Waals surface area contributed by atoms with E-state index in [0.717, 1.165) is 45.0 Å². The van der Waals surface area contributed by atoms with Gasteiger partial charge in [-0.2, -0.15) is 0 Å². The molecule has 2 rings (SSSR count). The van der Waals surface area contributed by atoms with Gasteiger partial charge in [-0.15, -0.1) is 11.6 Å². The molecule has 2 aliphatic heterocycles. The molecule has 4 atom stereocenters. The van der Waals surface area contributed by atoms with Crippen molar-refractivity contribution in [1.82, 2.24) is 0 Å². The zero-order chi connectivity index (χ0) is 11.6. The van der Waals surface area contributed by atoms with Crippen molar-refractivity contribution in [3.8, 4) is 0 Å². The van der Waals surface area contributed by atoms with Gasteiger partial charge in [0.2, 0.25) is 0 Å². The van der Waals surface area contributed by atoms with Gasteiger partial charge < -0.3 is 9.47 Å². The van der Waals surface area contributed by atoms with Gasteiger partial charge in [0.1, 0.15) is 0 Å². The van der Waals surface area contributed by atoms with Gasteiger partial charge in [0.25, 0.3) is 0 Å². The molecule has 0 N–H and O–H groups in total. The van der Waals surface area contributed by atoms with E-state index >= 15 is 0 Å². The van der Waals surface area contributed by atoms with Crippen LogP contribution < -0.4 is 0 Å². The molecule has 2 fully saturated rings. The van der Waals surface area contributed by atoms with Crippen LogP contribution in [-0.4, -0.2) is 30.8 Å². The van der Waals surface area contributed by atoms with Crippen LogP contribution in [0.4, 0.5) is 0 Å². The van der Waals surface area contributed by atoms with E-state index in [1.807, 2.05) is 0 Å². The van der Waals surface area contributed by atoms with Crippen LogP contribution in [0.5, 0.6) is 0 Å². The summed E-state index contributed by atoms with van der Waals surface area (Å²) in [6.45, 7) is 6.99. The molecule has 94 valence electrons. The molecule has 0 bridgehead atoms. The summed E-state index contributed by atoms with van der Waals surface area (Å²) >= 11 is 6.09. The summed E-state index contributed by atoms with van der Waals surface area (Å²) in [7, 11) is 0. The normalized spacial score (nSPS) is 38.8. The smallest absolute Gasteiger partial charge is 0.0939 e. The fraction of sp³-hybridized carbons (Fsp3) is 1.00. The first-order chi connectivity index (χ1) is 7.61. The average molecular weight is 247 g/mol. The summed E-state index contributed by atoms with van der Waals surface area (Å²) in [6.07, 6.45) is 4.54. The molecule has 0 aromatic carbocycles. The van der Waals surface area contributed by atoms with Crippen LogP contribution in [0.25, 0.3) is 0 Å². The molecule has 0 amide bonds. The molecular weight excluding hydrogens is 224 g/mol. The van der Waals surface area contributed by atoms with Crippen LogP contribution in [0.3, 0.4) is 0 Å². The molecule has 2 saturated heterocycles. The van der Waals surface area contributed by atoms with Crippen LogP contribution in [0, 0.1) is 11.8 Å². The standard InChI is InChI=1S/C13H23ClO2/c1-10(7-11(2)14)12-3-5-16-13(8-12)4-6-15-9-13/h10-12H,3-9H2,1-2H3. The van der Waals surface area contributed by atoms with Crippen molar-refractivity contribution in [2.75, 3.05) is 19.8 Å². The van der Waals surface area contributed by atoms with Crippen molar-refractivity contribution < 1.29 is 9.47 Å². The molecule has 1 spiro atoms. The van der Waals surface area contributed by atoms with Gasteiger partial charge in [-0.25, -0.2) is 0 Å². The number of alkyl halides is 1. The minimum absolute atomic E-state index is 0.0483. The first-order valence-corrected chi connectivity index (χ1v) is 6.91. The highest BCUT2D eigenvalue weighted by molar-refractivity contribution is 6.20. The van der Waals surface area contributed by atoms with Crippen LogP contribution in [0.15, 0.2) is 0 Å². The molecule has 0 saturated carbocycles. The van der Waals surface area contributed by atoms with Gasteiger partial charge in [-0.1, -0.05) is 6.92 Å². The fourth-order valence-corrected chi connectivity index (χ4v) is 3.40. The van der Waals surface area contributed by atoms with Gasteiger partial charge in [-0.05, 0) is 38.0 Å². The molecule has 16 heavy (non-hydrogen) atoms. The molecule has 2 nitrogen and oxygen atoms in total. The molecule has 0 radical (unpaired) electrons. The number of rotatable bonds is 3. The summed E-state index contributed by atoms with van der Waals surface area (Å²) < 4.78 is 11.4. The van der Waals surface area contributed by atoms with Crippen molar-refractivity contribution in [3.05, 3.63) is 0 Å². The van der Waals surface area contributed by atoms with Crippen molar-refractivity contribution in [2.45, 2.75) is 50.5 Å². The van der Waals surface area contributed by atoms with Crippen LogP contribution >= 0.6 is 11.6 Å². The van der Waals surface area contributed by atoms with E-state index in [9.17, 15) is 0 Å². The summed E-state index contributed by atoms with van der Waals surface area (Å²) in [5.41, 5.74) is 0.0483. The highest BCUT2D eigenvalue weighted by Gasteiger charge is 2.42. The Morgan fingerprint density at radius 2 is 2.19 bits per heavy atom. The minimum Gasteiger partial charge on any atom is -0.378 e. The fourth-order valence-electron chi connectivity index (χ4n) is 3.12. The monoisotopic (exact) mass is 246 g/mol. The Kier molecular flexibility index (Phi) is 4.15. The van der Waals surface area contributed by atoms with E-state index in [-0.39, 0.29) is 11.0 Å². The number of hydrogen-bond donors (Lipinski definition) is 0. The topological polar surface area (TPSA) is 18.5 Å². The summed E-state index contributed by atoms with van der Waals surface area (Å²) in [6, 6.07) is 0. The zero-order valence-corrected chi connectivity index (χ0v) is 11.1. The zero-order valence-electron chi connectivity index (χ0n) is 10.4. The summed E-state index contributed by atoms with van der Waals surface area (Å²) in [5.74, 6) is 1.46.